The molecule has 6 nitrogen and oxygen atoms in total. The third kappa shape index (κ3) is 4.13. The number of ether oxygens (including phenoxy) is 1. The Morgan fingerprint density at radius 3 is 2.83 bits per heavy atom. The van der Waals surface area contributed by atoms with E-state index in [1.807, 2.05) is 6.07 Å². The third-order valence-electron chi connectivity index (χ3n) is 4.96. The number of nitrogens with zero attached hydrogens (tertiary/aromatic N) is 3. The monoisotopic (exact) mass is 408 g/mol. The van der Waals surface area contributed by atoms with Crippen LogP contribution < -0.4 is 5.32 Å². The summed E-state index contributed by atoms with van der Waals surface area (Å²) in [4.78, 5) is 12.6. The van der Waals surface area contributed by atoms with Crippen LogP contribution in [0.5, 0.6) is 0 Å². The van der Waals surface area contributed by atoms with Gasteiger partial charge in [0.25, 0.3) is 0 Å². The molecule has 2 aromatic carbocycles. The molecule has 1 atom stereocenters. The van der Waals surface area contributed by atoms with Crippen LogP contribution >= 0.6 is 0 Å². The van der Waals surface area contributed by atoms with E-state index in [0.717, 1.165) is 18.2 Å². The van der Waals surface area contributed by atoms with Gasteiger partial charge in [-0.3, -0.25) is 4.79 Å². The Balaban J connectivity index is 1.49. The van der Waals surface area contributed by atoms with Crippen molar-refractivity contribution in [1.29, 1.82) is 5.26 Å². The van der Waals surface area contributed by atoms with Crippen LogP contribution in [0.15, 0.2) is 48.8 Å². The molecule has 4 rings (SSSR count). The molecule has 0 unspecified atom stereocenters. The Hall–Kier alpha value is -3.41. The molecule has 1 N–H and O–H groups in total. The van der Waals surface area contributed by atoms with Crippen LogP contribution in [0.1, 0.15) is 33.2 Å². The molecule has 0 bridgehead atoms. The Morgan fingerprint density at radius 2 is 2.13 bits per heavy atom. The molecule has 1 saturated heterocycles. The van der Waals surface area contributed by atoms with Crippen molar-refractivity contribution >= 4 is 5.78 Å². The lowest BCUT2D eigenvalue weighted by molar-refractivity contribution is 0.0275. The number of benzene rings is 2. The van der Waals surface area contributed by atoms with Gasteiger partial charge in [-0.1, -0.05) is 12.1 Å². The molecule has 3 aromatic rings. The zero-order valence-corrected chi connectivity index (χ0v) is 15.9. The highest BCUT2D eigenvalue weighted by atomic mass is 19.1. The average molecular weight is 408 g/mol. The molecule has 1 fully saturated rings. The number of halogens is 2. The molecule has 1 aliphatic heterocycles. The van der Waals surface area contributed by atoms with Crippen LogP contribution in [0.2, 0.25) is 0 Å². The van der Waals surface area contributed by atoms with Crippen LogP contribution in [0.3, 0.4) is 0 Å². The van der Waals surface area contributed by atoms with Crippen LogP contribution in [-0.4, -0.2) is 35.3 Å². The SMILES string of the molecule is N#Cc1ccc(-n2cc(C(=O)Cc3ccc([C@H]4CNCCO4)cc3F)cn2)c(F)c1. The molecular weight excluding hydrogens is 390 g/mol. The van der Waals surface area contributed by atoms with Gasteiger partial charge in [0.05, 0.1) is 36.1 Å². The van der Waals surface area contributed by atoms with Gasteiger partial charge in [0.15, 0.2) is 5.78 Å². The Bertz CT molecular complexity index is 1130. The Morgan fingerprint density at radius 1 is 1.27 bits per heavy atom. The highest BCUT2D eigenvalue weighted by Crippen LogP contribution is 2.22. The molecule has 8 heteroatoms. The third-order valence-corrected chi connectivity index (χ3v) is 4.96. The summed E-state index contributed by atoms with van der Waals surface area (Å²) in [5.41, 5.74) is 1.53. The Kier molecular flexibility index (Phi) is 5.65. The van der Waals surface area contributed by atoms with Gasteiger partial charge in [-0.2, -0.15) is 10.4 Å². The highest BCUT2D eigenvalue weighted by Gasteiger charge is 2.19. The van der Waals surface area contributed by atoms with E-state index in [-0.39, 0.29) is 40.7 Å². The smallest absolute Gasteiger partial charge is 0.170 e. The number of aromatic nitrogens is 2. The van der Waals surface area contributed by atoms with Crippen molar-refractivity contribution in [3.8, 4) is 11.8 Å². The molecule has 0 aliphatic carbocycles. The second kappa shape index (κ2) is 8.53. The standard InChI is InChI=1S/C22H18F2N4O2/c23-18-8-16(22-12-26-5-6-30-22)3-2-15(18)9-21(29)17-11-27-28(13-17)20-4-1-14(10-25)7-19(20)24/h1-4,7-8,11,13,22,26H,5-6,9,12H2/t22-/m1/s1. The van der Waals surface area contributed by atoms with Crippen molar-refractivity contribution < 1.29 is 18.3 Å². The molecule has 1 aliphatic rings. The fourth-order valence-corrected chi connectivity index (χ4v) is 3.32. The van der Waals surface area contributed by atoms with E-state index in [0.29, 0.717) is 13.2 Å². The number of nitrogens with one attached hydrogen (secondary N) is 1. The van der Waals surface area contributed by atoms with Gasteiger partial charge in [-0.15, -0.1) is 0 Å². The zero-order valence-electron chi connectivity index (χ0n) is 15.9. The van der Waals surface area contributed by atoms with Crippen molar-refractivity contribution in [1.82, 2.24) is 15.1 Å². The molecule has 30 heavy (non-hydrogen) atoms. The maximum absolute atomic E-state index is 14.6. The van der Waals surface area contributed by atoms with Crippen molar-refractivity contribution in [2.75, 3.05) is 19.7 Å². The Labute approximate surface area is 171 Å². The molecule has 0 amide bonds. The van der Waals surface area contributed by atoms with Gasteiger partial charge in [0, 0.05) is 25.7 Å². The van der Waals surface area contributed by atoms with E-state index in [9.17, 15) is 13.6 Å². The average Bonchev–Trinajstić information content (AvgIpc) is 3.25. The summed E-state index contributed by atoms with van der Waals surface area (Å²) < 4.78 is 35.6. The second-order valence-corrected chi connectivity index (χ2v) is 6.97. The summed E-state index contributed by atoms with van der Waals surface area (Å²) >= 11 is 0. The van der Waals surface area contributed by atoms with Gasteiger partial charge in [0.1, 0.15) is 17.3 Å². The lowest BCUT2D eigenvalue weighted by Crippen LogP contribution is -2.33. The number of hydrogen-bond donors (Lipinski definition) is 1. The van der Waals surface area contributed by atoms with E-state index in [1.165, 1.54) is 35.3 Å². The molecule has 0 saturated carbocycles. The highest BCUT2D eigenvalue weighted by molar-refractivity contribution is 5.97. The molecule has 2 heterocycles. The van der Waals surface area contributed by atoms with Crippen molar-refractivity contribution in [2.45, 2.75) is 12.5 Å². The number of nitriles is 1. The lowest BCUT2D eigenvalue weighted by atomic mass is 10.0. The summed E-state index contributed by atoms with van der Waals surface area (Å²) in [6.45, 7) is 1.95. The largest absolute Gasteiger partial charge is 0.371 e. The van der Waals surface area contributed by atoms with E-state index >= 15 is 0 Å². The number of Topliss-reactive ketones (excluding diaryl/α,β-unsaturated/α-hetero) is 1. The fourth-order valence-electron chi connectivity index (χ4n) is 3.32. The zero-order chi connectivity index (χ0) is 21.1. The number of hydrogen-bond acceptors (Lipinski definition) is 5. The van der Waals surface area contributed by atoms with Crippen molar-refractivity contribution in [3.05, 3.63) is 82.7 Å². The molecule has 0 spiro atoms. The first kappa shape index (κ1) is 19.9. The van der Waals surface area contributed by atoms with E-state index < -0.39 is 11.6 Å². The van der Waals surface area contributed by atoms with E-state index in [1.54, 1.807) is 12.1 Å². The predicted octanol–water partition coefficient (Wildman–Crippen LogP) is 3.11. The predicted molar refractivity (Wildman–Crippen MR) is 104 cm³/mol. The minimum Gasteiger partial charge on any atom is -0.371 e. The van der Waals surface area contributed by atoms with Gasteiger partial charge in [-0.05, 0) is 35.4 Å². The van der Waals surface area contributed by atoms with Crippen molar-refractivity contribution in [2.24, 2.45) is 0 Å². The minimum absolute atomic E-state index is 0.115. The van der Waals surface area contributed by atoms with Crippen LogP contribution in [0, 0.1) is 23.0 Å². The number of morpholine rings is 1. The minimum atomic E-state index is -0.628. The summed E-state index contributed by atoms with van der Waals surface area (Å²) in [6, 6.07) is 10.6. The normalized spacial score (nSPS) is 16.2. The molecule has 1 aromatic heterocycles. The molecule has 152 valence electrons. The summed E-state index contributed by atoms with van der Waals surface area (Å²) in [5.74, 6) is -1.43. The lowest BCUT2D eigenvalue weighted by Gasteiger charge is -2.24. The van der Waals surface area contributed by atoms with Gasteiger partial charge in [0.2, 0.25) is 0 Å². The van der Waals surface area contributed by atoms with Crippen LogP contribution in [0.25, 0.3) is 5.69 Å². The van der Waals surface area contributed by atoms with Crippen molar-refractivity contribution in [3.63, 3.8) is 0 Å². The number of rotatable bonds is 5. The summed E-state index contributed by atoms with van der Waals surface area (Å²) in [6.07, 6.45) is 2.35. The first-order chi connectivity index (χ1) is 14.5. The van der Waals surface area contributed by atoms with E-state index in [2.05, 4.69) is 10.4 Å². The summed E-state index contributed by atoms with van der Waals surface area (Å²) in [7, 11) is 0. The number of ketones is 1. The molecule has 0 radical (unpaired) electrons. The fraction of sp³-hybridized carbons (Fsp3) is 0.227. The second-order valence-electron chi connectivity index (χ2n) is 6.97. The first-order valence-electron chi connectivity index (χ1n) is 9.43. The van der Waals surface area contributed by atoms with Gasteiger partial charge in [-0.25, -0.2) is 13.5 Å². The number of carbonyl (C=O) groups excluding carboxylic acids is 1. The van der Waals surface area contributed by atoms with Gasteiger partial charge < -0.3 is 10.1 Å². The first-order valence-corrected chi connectivity index (χ1v) is 9.43. The quantitative estimate of drug-likeness (QED) is 0.657. The number of carbonyl (C=O) groups is 1. The topological polar surface area (TPSA) is 79.9 Å². The van der Waals surface area contributed by atoms with Crippen LogP contribution in [0.4, 0.5) is 8.78 Å². The van der Waals surface area contributed by atoms with Gasteiger partial charge >= 0.3 is 0 Å². The van der Waals surface area contributed by atoms with Crippen LogP contribution in [-0.2, 0) is 11.2 Å². The maximum atomic E-state index is 14.6. The summed E-state index contributed by atoms with van der Waals surface area (Å²) in [5, 5.41) is 16.0. The maximum Gasteiger partial charge on any atom is 0.170 e. The van der Waals surface area contributed by atoms with E-state index in [4.69, 9.17) is 10.00 Å². The molecular formula is C22H18F2N4O2.